The summed E-state index contributed by atoms with van der Waals surface area (Å²) in [6.07, 6.45) is 3.47. The van der Waals surface area contributed by atoms with Crippen LogP contribution in [0.2, 0.25) is 0 Å². The zero-order valence-electron chi connectivity index (χ0n) is 30.3. The van der Waals surface area contributed by atoms with E-state index in [0.717, 1.165) is 45.4 Å². The van der Waals surface area contributed by atoms with Crippen LogP contribution in [0.25, 0.3) is 61.2 Å². The first kappa shape index (κ1) is 31.0. The molecule has 0 aliphatic heterocycles. The Balaban J connectivity index is 0.978. The van der Waals surface area contributed by atoms with Gasteiger partial charge in [-0.25, -0.2) is 0 Å². The molecule has 3 heteroatoms. The van der Waals surface area contributed by atoms with Crippen LogP contribution in [-0.4, -0.2) is 4.98 Å². The zero-order valence-corrected chi connectivity index (χ0v) is 30.3. The summed E-state index contributed by atoms with van der Waals surface area (Å²) in [7, 11) is 0. The number of fused-ring (bicyclic) bond motifs is 9. The summed E-state index contributed by atoms with van der Waals surface area (Å²) in [6.45, 7) is 4.76. The number of allylic oxidation sites excluding steroid dienone is 1. The number of rotatable bonds is 5. The van der Waals surface area contributed by atoms with Gasteiger partial charge in [-0.15, -0.1) is 0 Å². The van der Waals surface area contributed by atoms with Crippen LogP contribution in [0.15, 0.2) is 174 Å². The van der Waals surface area contributed by atoms with Crippen molar-refractivity contribution >= 4 is 56.0 Å². The van der Waals surface area contributed by atoms with E-state index >= 15 is 0 Å². The molecule has 2 heterocycles. The molecule has 0 bridgehead atoms. The highest BCUT2D eigenvalue weighted by atomic mass is 16.3. The Morgan fingerprint density at radius 1 is 0.556 bits per heavy atom. The maximum Gasteiger partial charge on any atom is 0.135 e. The molecule has 54 heavy (non-hydrogen) atoms. The van der Waals surface area contributed by atoms with Crippen LogP contribution in [0.4, 0.5) is 17.1 Å². The second kappa shape index (κ2) is 11.7. The lowest BCUT2D eigenvalue weighted by atomic mass is 9.76. The second-order valence-corrected chi connectivity index (χ2v) is 15.4. The van der Waals surface area contributed by atoms with Gasteiger partial charge < -0.3 is 14.3 Å². The first-order valence-corrected chi connectivity index (χ1v) is 18.9. The number of nitrogens with one attached hydrogen (secondary N) is 1. The minimum atomic E-state index is 0.0407. The van der Waals surface area contributed by atoms with E-state index in [0.29, 0.717) is 5.92 Å². The molecule has 7 aromatic carbocycles. The van der Waals surface area contributed by atoms with E-state index < -0.39 is 0 Å². The average Bonchev–Trinajstić information content (AvgIpc) is 3.85. The SMILES string of the molecule is CC1(C)C2=Cc3[nH]c4ccc(-c5ccc(N(c6ccc(-c7ccccc7)cc6)c6ccc7oc8ccccc8c7c6)cc5)cc4c3CC2c2ccccc21. The Hall–Kier alpha value is -6.58. The summed E-state index contributed by atoms with van der Waals surface area (Å²) in [5.74, 6) is 0.428. The fraction of sp³-hybridized carbons (Fsp3) is 0.0980. The van der Waals surface area contributed by atoms with Gasteiger partial charge in [0.15, 0.2) is 0 Å². The minimum absolute atomic E-state index is 0.0407. The van der Waals surface area contributed by atoms with Crippen LogP contribution < -0.4 is 4.90 Å². The molecule has 0 spiro atoms. The minimum Gasteiger partial charge on any atom is -0.456 e. The third-order valence-electron chi connectivity index (χ3n) is 12.1. The molecule has 1 N–H and O–H groups in total. The van der Waals surface area contributed by atoms with Gasteiger partial charge in [-0.2, -0.15) is 0 Å². The van der Waals surface area contributed by atoms with Crippen molar-refractivity contribution in [3.63, 3.8) is 0 Å². The van der Waals surface area contributed by atoms with Gasteiger partial charge in [0.25, 0.3) is 0 Å². The first-order chi connectivity index (χ1) is 26.5. The van der Waals surface area contributed by atoms with Crippen molar-refractivity contribution in [3.8, 4) is 22.3 Å². The lowest BCUT2D eigenvalue weighted by Gasteiger charge is -2.27. The van der Waals surface area contributed by atoms with Crippen LogP contribution in [0.5, 0.6) is 0 Å². The predicted octanol–water partition coefficient (Wildman–Crippen LogP) is 13.9. The maximum atomic E-state index is 6.21. The van der Waals surface area contributed by atoms with Crippen molar-refractivity contribution in [2.45, 2.75) is 31.6 Å². The third kappa shape index (κ3) is 4.75. The van der Waals surface area contributed by atoms with Crippen molar-refractivity contribution in [1.82, 2.24) is 4.98 Å². The van der Waals surface area contributed by atoms with Crippen LogP contribution in [-0.2, 0) is 11.8 Å². The molecule has 2 aromatic heterocycles. The molecular weight excluding hydrogens is 657 g/mol. The second-order valence-electron chi connectivity index (χ2n) is 15.4. The number of furan rings is 1. The molecule has 258 valence electrons. The van der Waals surface area contributed by atoms with E-state index in [9.17, 15) is 0 Å². The van der Waals surface area contributed by atoms with Gasteiger partial charge in [0.1, 0.15) is 11.2 Å². The van der Waals surface area contributed by atoms with Gasteiger partial charge in [0.2, 0.25) is 0 Å². The number of hydrogen-bond acceptors (Lipinski definition) is 2. The molecule has 0 saturated carbocycles. The standard InChI is InChI=1S/C51H38N2O/c1-51(2)45-14-8-6-12-39(45)41-30-43-42-28-35(20-26-47(42)52-48(43)31-46(41)51)34-18-23-37(24-19-34)53(36-21-16-33(17-22-36)32-10-4-3-5-11-32)38-25-27-50-44(29-38)40-13-7-9-15-49(40)54-50/h3-29,31,41,52H,30H2,1-2H3. The van der Waals surface area contributed by atoms with E-state index in [2.05, 4.69) is 181 Å². The summed E-state index contributed by atoms with van der Waals surface area (Å²) < 4.78 is 6.21. The van der Waals surface area contributed by atoms with Crippen molar-refractivity contribution in [2.75, 3.05) is 4.90 Å². The molecule has 2 aliphatic carbocycles. The van der Waals surface area contributed by atoms with Crippen molar-refractivity contribution < 1.29 is 4.42 Å². The Morgan fingerprint density at radius 3 is 1.98 bits per heavy atom. The quantitative estimate of drug-likeness (QED) is 0.194. The smallest absolute Gasteiger partial charge is 0.135 e. The van der Waals surface area contributed by atoms with E-state index in [1.807, 2.05) is 12.1 Å². The van der Waals surface area contributed by atoms with Crippen LogP contribution in [0.1, 0.15) is 42.1 Å². The highest BCUT2D eigenvalue weighted by Gasteiger charge is 2.43. The highest BCUT2D eigenvalue weighted by Crippen LogP contribution is 2.54. The Labute approximate surface area is 314 Å². The number of aromatic amines is 1. The number of aromatic nitrogens is 1. The molecule has 9 aromatic rings. The molecule has 3 nitrogen and oxygen atoms in total. The highest BCUT2D eigenvalue weighted by molar-refractivity contribution is 6.06. The summed E-state index contributed by atoms with van der Waals surface area (Å²) in [4.78, 5) is 6.12. The molecule has 2 aliphatic rings. The summed E-state index contributed by atoms with van der Waals surface area (Å²) in [5, 5.41) is 3.56. The van der Waals surface area contributed by atoms with E-state index in [1.54, 1.807) is 0 Å². The lowest BCUT2D eigenvalue weighted by molar-refractivity contribution is 0.614. The van der Waals surface area contributed by atoms with E-state index in [1.165, 1.54) is 61.1 Å². The van der Waals surface area contributed by atoms with Gasteiger partial charge in [-0.1, -0.05) is 123 Å². The summed E-state index contributed by atoms with van der Waals surface area (Å²) in [5.41, 5.74) is 18.3. The third-order valence-corrected chi connectivity index (χ3v) is 12.1. The molecule has 0 amide bonds. The Morgan fingerprint density at radius 2 is 1.19 bits per heavy atom. The molecular formula is C51H38N2O. The van der Waals surface area contributed by atoms with E-state index in [4.69, 9.17) is 4.42 Å². The normalized spacial score (nSPS) is 15.6. The average molecular weight is 695 g/mol. The van der Waals surface area contributed by atoms with Crippen LogP contribution >= 0.6 is 0 Å². The summed E-state index contributed by atoms with van der Waals surface area (Å²) >= 11 is 0. The number of nitrogens with zero attached hydrogens (tertiary/aromatic N) is 1. The molecule has 0 fully saturated rings. The topological polar surface area (TPSA) is 32.2 Å². The van der Waals surface area contributed by atoms with Gasteiger partial charge in [-0.05, 0) is 112 Å². The largest absolute Gasteiger partial charge is 0.456 e. The number of anilines is 3. The van der Waals surface area contributed by atoms with Crippen LogP contribution in [0, 0.1) is 0 Å². The van der Waals surface area contributed by atoms with Crippen molar-refractivity contribution in [2.24, 2.45) is 0 Å². The van der Waals surface area contributed by atoms with Crippen LogP contribution in [0.3, 0.4) is 0 Å². The molecule has 11 rings (SSSR count). The molecule has 0 saturated heterocycles. The zero-order chi connectivity index (χ0) is 36.0. The van der Waals surface area contributed by atoms with Crippen molar-refractivity contribution in [1.29, 1.82) is 0 Å². The number of H-pyrrole nitrogens is 1. The molecule has 1 atom stereocenters. The summed E-state index contributed by atoms with van der Waals surface area (Å²) in [6, 6.07) is 59.2. The molecule has 1 unspecified atom stereocenters. The first-order valence-electron chi connectivity index (χ1n) is 18.9. The van der Waals surface area contributed by atoms with Gasteiger partial charge >= 0.3 is 0 Å². The number of para-hydroxylation sites is 1. The predicted molar refractivity (Wildman–Crippen MR) is 225 cm³/mol. The maximum absolute atomic E-state index is 6.21. The number of hydrogen-bond donors (Lipinski definition) is 1. The fourth-order valence-electron chi connectivity index (χ4n) is 9.32. The number of benzene rings is 7. The van der Waals surface area contributed by atoms with Crippen molar-refractivity contribution in [3.05, 3.63) is 192 Å². The van der Waals surface area contributed by atoms with Gasteiger partial charge in [0, 0.05) is 55.8 Å². The molecule has 0 radical (unpaired) electrons. The fourth-order valence-corrected chi connectivity index (χ4v) is 9.32. The van der Waals surface area contributed by atoms with E-state index in [-0.39, 0.29) is 5.41 Å². The monoisotopic (exact) mass is 694 g/mol. The lowest BCUT2D eigenvalue weighted by Crippen LogP contribution is -2.19. The van der Waals surface area contributed by atoms with Gasteiger partial charge in [-0.3, -0.25) is 0 Å². The Kier molecular flexibility index (Phi) is 6.72. The Bertz CT molecular complexity index is 2920. The van der Waals surface area contributed by atoms with Gasteiger partial charge in [0.05, 0.1) is 0 Å².